The molecule has 0 unspecified atom stereocenters. The Labute approximate surface area is 116 Å². The topological polar surface area (TPSA) is 47.7 Å². The van der Waals surface area contributed by atoms with Crippen molar-refractivity contribution in [3.8, 4) is 5.75 Å². The maximum atomic E-state index is 6.04. The molecule has 0 aliphatic heterocycles. The minimum absolute atomic E-state index is 0.615. The number of nitrogens with zero attached hydrogens (tertiary/aromatic N) is 1. The summed E-state index contributed by atoms with van der Waals surface area (Å²) in [4.78, 5) is 2.36. The average Bonchev–Trinajstić information content (AvgIpc) is 2.37. The van der Waals surface area contributed by atoms with Crippen LogP contribution in [0, 0.1) is 5.92 Å². The fraction of sp³-hybridized carbons (Fsp3) is 0.600. The summed E-state index contributed by atoms with van der Waals surface area (Å²) >= 11 is 0. The molecule has 0 fully saturated rings. The Bertz CT molecular complexity index is 380. The predicted molar refractivity (Wildman–Crippen MR) is 79.4 cm³/mol. The maximum Gasteiger partial charge on any atom is 0.119 e. The second-order valence-electron chi connectivity index (χ2n) is 5.19. The molecule has 0 aliphatic carbocycles. The van der Waals surface area contributed by atoms with Crippen LogP contribution >= 0.6 is 0 Å². The van der Waals surface area contributed by atoms with Crippen molar-refractivity contribution in [2.75, 3.05) is 39.6 Å². The van der Waals surface area contributed by atoms with Crippen LogP contribution in [0.25, 0.3) is 0 Å². The number of rotatable bonds is 8. The molecule has 4 nitrogen and oxygen atoms in total. The SMILES string of the molecule is COCCN(Cc1cc(OC)ccc1N)CC(C)C. The number of nitrogens with two attached hydrogens (primary N) is 1. The van der Waals surface area contributed by atoms with Crippen molar-refractivity contribution < 1.29 is 9.47 Å². The van der Waals surface area contributed by atoms with Crippen LogP contribution in [0.2, 0.25) is 0 Å². The summed E-state index contributed by atoms with van der Waals surface area (Å²) in [5.74, 6) is 1.46. The zero-order chi connectivity index (χ0) is 14.3. The minimum atomic E-state index is 0.615. The van der Waals surface area contributed by atoms with E-state index in [9.17, 15) is 0 Å². The normalized spacial score (nSPS) is 11.3. The molecule has 108 valence electrons. The van der Waals surface area contributed by atoms with Crippen LogP contribution in [-0.2, 0) is 11.3 Å². The van der Waals surface area contributed by atoms with Crippen molar-refractivity contribution in [1.82, 2.24) is 4.90 Å². The van der Waals surface area contributed by atoms with Gasteiger partial charge in [0.2, 0.25) is 0 Å². The lowest BCUT2D eigenvalue weighted by Gasteiger charge is -2.24. The van der Waals surface area contributed by atoms with Gasteiger partial charge in [0.05, 0.1) is 13.7 Å². The van der Waals surface area contributed by atoms with Crippen LogP contribution in [0.15, 0.2) is 18.2 Å². The van der Waals surface area contributed by atoms with Gasteiger partial charge in [0.25, 0.3) is 0 Å². The summed E-state index contributed by atoms with van der Waals surface area (Å²) in [5, 5.41) is 0. The monoisotopic (exact) mass is 266 g/mol. The molecule has 0 heterocycles. The lowest BCUT2D eigenvalue weighted by molar-refractivity contribution is 0.136. The molecule has 0 spiro atoms. The smallest absolute Gasteiger partial charge is 0.119 e. The van der Waals surface area contributed by atoms with Crippen LogP contribution in [0.3, 0.4) is 0 Å². The highest BCUT2D eigenvalue weighted by atomic mass is 16.5. The molecule has 19 heavy (non-hydrogen) atoms. The highest BCUT2D eigenvalue weighted by Gasteiger charge is 2.10. The first kappa shape index (κ1) is 15.8. The molecule has 0 saturated carbocycles. The Hall–Kier alpha value is -1.26. The third kappa shape index (κ3) is 5.49. The van der Waals surface area contributed by atoms with Gasteiger partial charge in [-0.25, -0.2) is 0 Å². The Morgan fingerprint density at radius 3 is 2.58 bits per heavy atom. The lowest BCUT2D eigenvalue weighted by Crippen LogP contribution is -2.30. The fourth-order valence-electron chi connectivity index (χ4n) is 2.06. The Kier molecular flexibility index (Phi) is 6.67. The zero-order valence-electron chi connectivity index (χ0n) is 12.5. The van der Waals surface area contributed by atoms with Gasteiger partial charge < -0.3 is 15.2 Å². The van der Waals surface area contributed by atoms with Gasteiger partial charge in [-0.15, -0.1) is 0 Å². The summed E-state index contributed by atoms with van der Waals surface area (Å²) in [6.07, 6.45) is 0. The van der Waals surface area contributed by atoms with Crippen molar-refractivity contribution in [3.63, 3.8) is 0 Å². The summed E-state index contributed by atoms with van der Waals surface area (Å²) in [6.45, 7) is 7.93. The molecule has 0 aliphatic rings. The van der Waals surface area contributed by atoms with Gasteiger partial charge >= 0.3 is 0 Å². The van der Waals surface area contributed by atoms with Crippen molar-refractivity contribution in [1.29, 1.82) is 0 Å². The third-order valence-electron chi connectivity index (χ3n) is 2.98. The summed E-state index contributed by atoms with van der Waals surface area (Å²) in [7, 11) is 3.40. The van der Waals surface area contributed by atoms with E-state index in [1.165, 1.54) is 0 Å². The first-order valence-corrected chi connectivity index (χ1v) is 6.70. The number of nitrogen functional groups attached to an aromatic ring is 1. The quantitative estimate of drug-likeness (QED) is 0.734. The van der Waals surface area contributed by atoms with Crippen molar-refractivity contribution in [2.24, 2.45) is 5.92 Å². The second kappa shape index (κ2) is 8.02. The predicted octanol–water partition coefficient (Wildman–Crippen LogP) is 2.38. The molecular weight excluding hydrogens is 240 g/mol. The largest absolute Gasteiger partial charge is 0.497 e. The van der Waals surface area contributed by atoms with Crippen LogP contribution in [0.1, 0.15) is 19.4 Å². The molecule has 1 aromatic rings. The Balaban J connectivity index is 2.76. The highest BCUT2D eigenvalue weighted by Crippen LogP contribution is 2.21. The van der Waals surface area contributed by atoms with E-state index in [0.717, 1.165) is 43.2 Å². The Morgan fingerprint density at radius 1 is 1.26 bits per heavy atom. The number of methoxy groups -OCH3 is 2. The van der Waals surface area contributed by atoms with Crippen LogP contribution in [0.4, 0.5) is 5.69 Å². The molecule has 2 N–H and O–H groups in total. The average molecular weight is 266 g/mol. The number of anilines is 1. The van der Waals surface area contributed by atoms with Crippen LogP contribution in [-0.4, -0.2) is 38.8 Å². The third-order valence-corrected chi connectivity index (χ3v) is 2.98. The minimum Gasteiger partial charge on any atom is -0.497 e. The van der Waals surface area contributed by atoms with E-state index in [0.29, 0.717) is 5.92 Å². The molecule has 1 aromatic carbocycles. The number of hydrogen-bond acceptors (Lipinski definition) is 4. The number of benzene rings is 1. The Morgan fingerprint density at radius 2 is 2.00 bits per heavy atom. The summed E-state index contributed by atoms with van der Waals surface area (Å²) in [5.41, 5.74) is 7.96. The van der Waals surface area contributed by atoms with Gasteiger partial charge in [-0.3, -0.25) is 4.90 Å². The molecule has 1 rings (SSSR count). The molecule has 4 heteroatoms. The van der Waals surface area contributed by atoms with E-state index < -0.39 is 0 Å². The first-order chi connectivity index (χ1) is 9.06. The molecule has 0 aromatic heterocycles. The van der Waals surface area contributed by atoms with E-state index in [2.05, 4.69) is 18.7 Å². The van der Waals surface area contributed by atoms with E-state index in [4.69, 9.17) is 15.2 Å². The van der Waals surface area contributed by atoms with Gasteiger partial charge in [-0.05, 0) is 29.7 Å². The standard InChI is InChI=1S/C15H26N2O2/c1-12(2)10-17(7-8-18-3)11-13-9-14(19-4)5-6-15(13)16/h5-6,9,12H,7-8,10-11,16H2,1-4H3. The summed E-state index contributed by atoms with van der Waals surface area (Å²) < 4.78 is 10.4. The number of ether oxygens (including phenoxy) is 2. The van der Waals surface area contributed by atoms with Gasteiger partial charge in [0.15, 0.2) is 0 Å². The van der Waals surface area contributed by atoms with E-state index in [1.807, 2.05) is 18.2 Å². The second-order valence-corrected chi connectivity index (χ2v) is 5.19. The zero-order valence-corrected chi connectivity index (χ0v) is 12.5. The van der Waals surface area contributed by atoms with E-state index >= 15 is 0 Å². The van der Waals surface area contributed by atoms with Crippen molar-refractivity contribution in [2.45, 2.75) is 20.4 Å². The van der Waals surface area contributed by atoms with Gasteiger partial charge in [-0.1, -0.05) is 13.8 Å². The lowest BCUT2D eigenvalue weighted by atomic mass is 10.1. The van der Waals surface area contributed by atoms with Crippen LogP contribution < -0.4 is 10.5 Å². The molecule has 0 radical (unpaired) electrons. The molecule has 0 atom stereocenters. The summed E-state index contributed by atoms with van der Waals surface area (Å²) in [6, 6.07) is 5.80. The molecular formula is C15H26N2O2. The highest BCUT2D eigenvalue weighted by molar-refractivity contribution is 5.50. The van der Waals surface area contributed by atoms with E-state index in [1.54, 1.807) is 14.2 Å². The maximum absolute atomic E-state index is 6.04. The fourth-order valence-corrected chi connectivity index (χ4v) is 2.06. The van der Waals surface area contributed by atoms with Gasteiger partial charge in [0.1, 0.15) is 5.75 Å². The van der Waals surface area contributed by atoms with Crippen LogP contribution in [0.5, 0.6) is 5.75 Å². The molecule has 0 saturated heterocycles. The molecule has 0 bridgehead atoms. The first-order valence-electron chi connectivity index (χ1n) is 6.70. The van der Waals surface area contributed by atoms with E-state index in [-0.39, 0.29) is 0 Å². The number of hydrogen-bond donors (Lipinski definition) is 1. The van der Waals surface area contributed by atoms with Gasteiger partial charge in [0, 0.05) is 32.4 Å². The molecule has 0 amide bonds. The van der Waals surface area contributed by atoms with Crippen molar-refractivity contribution >= 4 is 5.69 Å². The van der Waals surface area contributed by atoms with Gasteiger partial charge in [-0.2, -0.15) is 0 Å². The van der Waals surface area contributed by atoms with Crippen molar-refractivity contribution in [3.05, 3.63) is 23.8 Å².